The van der Waals surface area contributed by atoms with Crippen molar-refractivity contribution >= 4 is 10.8 Å². The van der Waals surface area contributed by atoms with Gasteiger partial charge in [-0.05, 0) is 42.5 Å². The molecule has 1 aromatic heterocycles. The Morgan fingerprint density at radius 2 is 1.85 bits per heavy atom. The van der Waals surface area contributed by atoms with Crippen LogP contribution in [0.4, 0.5) is 0 Å². The van der Waals surface area contributed by atoms with Crippen molar-refractivity contribution < 1.29 is 4.42 Å². The van der Waals surface area contributed by atoms with Gasteiger partial charge in [0.1, 0.15) is 0 Å². The van der Waals surface area contributed by atoms with Gasteiger partial charge in [-0.15, -0.1) is 0 Å². The molecule has 0 amide bonds. The van der Waals surface area contributed by atoms with Gasteiger partial charge in [0, 0.05) is 0 Å². The Labute approximate surface area is 75.8 Å². The van der Waals surface area contributed by atoms with Crippen LogP contribution in [0.2, 0.25) is 0 Å². The van der Waals surface area contributed by atoms with Gasteiger partial charge in [-0.25, -0.2) is 4.79 Å². The van der Waals surface area contributed by atoms with E-state index in [4.69, 9.17) is 4.42 Å². The summed E-state index contributed by atoms with van der Waals surface area (Å²) in [6.07, 6.45) is 1.43. The van der Waals surface area contributed by atoms with Gasteiger partial charge < -0.3 is 4.42 Å². The molecule has 1 heterocycles. The van der Waals surface area contributed by atoms with Crippen LogP contribution < -0.4 is 5.63 Å². The minimum atomic E-state index is -0.263. The third-order valence-electron chi connectivity index (χ3n) is 2.31. The zero-order chi connectivity index (χ0) is 9.42. The van der Waals surface area contributed by atoms with Gasteiger partial charge >= 0.3 is 5.63 Å². The van der Waals surface area contributed by atoms with Crippen LogP contribution in [0.3, 0.4) is 0 Å². The Morgan fingerprint density at radius 3 is 2.62 bits per heavy atom. The predicted molar refractivity (Wildman–Crippen MR) is 52.0 cm³/mol. The molecule has 0 fully saturated rings. The summed E-state index contributed by atoms with van der Waals surface area (Å²) in [4.78, 5) is 11.3. The second-order valence-electron chi connectivity index (χ2n) is 3.23. The molecule has 1 aromatic carbocycles. The third kappa shape index (κ3) is 1.24. The molecule has 0 N–H and O–H groups in total. The van der Waals surface area contributed by atoms with Gasteiger partial charge in [-0.1, -0.05) is 6.07 Å². The molecule has 0 aliphatic rings. The lowest BCUT2D eigenvalue weighted by Gasteiger charge is -2.01. The van der Waals surface area contributed by atoms with Crippen molar-refractivity contribution in [3.63, 3.8) is 0 Å². The Kier molecular flexibility index (Phi) is 1.69. The second kappa shape index (κ2) is 2.73. The van der Waals surface area contributed by atoms with Gasteiger partial charge in [0.15, 0.2) is 0 Å². The van der Waals surface area contributed by atoms with E-state index in [0.717, 1.165) is 10.9 Å². The largest absolute Gasteiger partial charge is 0.431 e. The molecule has 0 bridgehead atoms. The quantitative estimate of drug-likeness (QED) is 0.614. The van der Waals surface area contributed by atoms with Crippen LogP contribution in [0.1, 0.15) is 11.1 Å². The lowest BCUT2D eigenvalue weighted by Crippen LogP contribution is -1.98. The summed E-state index contributed by atoms with van der Waals surface area (Å²) in [6, 6.07) is 5.68. The van der Waals surface area contributed by atoms with Crippen LogP contribution in [0, 0.1) is 13.8 Å². The number of fused-ring (bicyclic) bond motifs is 1. The average molecular weight is 174 g/mol. The molecule has 0 aliphatic heterocycles. The van der Waals surface area contributed by atoms with Crippen LogP contribution in [-0.4, -0.2) is 0 Å². The predicted octanol–water partition coefficient (Wildman–Crippen LogP) is 2.41. The fourth-order valence-corrected chi connectivity index (χ4v) is 1.39. The Morgan fingerprint density at radius 1 is 1.15 bits per heavy atom. The summed E-state index contributed by atoms with van der Waals surface area (Å²) < 4.78 is 4.78. The van der Waals surface area contributed by atoms with E-state index in [9.17, 15) is 4.79 Å². The van der Waals surface area contributed by atoms with E-state index in [2.05, 4.69) is 0 Å². The number of aryl methyl sites for hydroxylation is 2. The molecule has 2 aromatic rings. The van der Waals surface area contributed by atoms with Crippen LogP contribution in [0.15, 0.2) is 33.7 Å². The first-order chi connectivity index (χ1) is 6.18. The summed E-state index contributed by atoms with van der Waals surface area (Å²) in [5, 5.41) is 1.60. The Balaban J connectivity index is 2.97. The number of hydrogen-bond acceptors (Lipinski definition) is 2. The van der Waals surface area contributed by atoms with E-state index in [1.807, 2.05) is 32.0 Å². The van der Waals surface area contributed by atoms with E-state index in [1.54, 1.807) is 0 Å². The van der Waals surface area contributed by atoms with Crippen molar-refractivity contribution in [2.75, 3.05) is 0 Å². The summed E-state index contributed by atoms with van der Waals surface area (Å²) in [6.45, 7) is 4.02. The number of benzene rings is 1. The first kappa shape index (κ1) is 8.05. The van der Waals surface area contributed by atoms with Gasteiger partial charge in [0.2, 0.25) is 0 Å². The molecule has 13 heavy (non-hydrogen) atoms. The van der Waals surface area contributed by atoms with E-state index < -0.39 is 0 Å². The highest BCUT2D eigenvalue weighted by molar-refractivity contribution is 5.82. The highest BCUT2D eigenvalue weighted by Crippen LogP contribution is 2.15. The summed E-state index contributed by atoms with van der Waals surface area (Å²) in [5.41, 5.74) is 2.05. The summed E-state index contributed by atoms with van der Waals surface area (Å²) in [7, 11) is 0. The zero-order valence-electron chi connectivity index (χ0n) is 7.63. The molecule has 0 aliphatic carbocycles. The van der Waals surface area contributed by atoms with Crippen molar-refractivity contribution in [1.82, 2.24) is 0 Å². The first-order valence-corrected chi connectivity index (χ1v) is 4.17. The fraction of sp³-hybridized carbons (Fsp3) is 0.182. The maximum atomic E-state index is 11.3. The Hall–Kier alpha value is -1.57. The van der Waals surface area contributed by atoms with E-state index in [1.165, 1.54) is 11.8 Å². The lowest BCUT2D eigenvalue weighted by atomic mass is 10.1. The van der Waals surface area contributed by atoms with Crippen LogP contribution in [0.5, 0.6) is 0 Å². The van der Waals surface area contributed by atoms with E-state index in [-0.39, 0.29) is 5.63 Å². The van der Waals surface area contributed by atoms with E-state index >= 15 is 0 Å². The maximum Gasteiger partial charge on any atom is 0.343 e. The summed E-state index contributed by atoms with van der Waals surface area (Å²) >= 11 is 0. The first-order valence-electron chi connectivity index (χ1n) is 4.17. The maximum absolute atomic E-state index is 11.3. The molecular weight excluding hydrogens is 164 g/mol. The number of hydrogen-bond donors (Lipinski definition) is 0. The normalized spacial score (nSPS) is 10.6. The molecule has 0 spiro atoms. The van der Waals surface area contributed by atoms with Crippen molar-refractivity contribution in [3.05, 3.63) is 46.0 Å². The minimum Gasteiger partial charge on any atom is -0.431 e. The summed E-state index contributed by atoms with van der Waals surface area (Å²) in [5.74, 6) is 0. The van der Waals surface area contributed by atoms with Crippen molar-refractivity contribution in [3.8, 4) is 0 Å². The second-order valence-corrected chi connectivity index (χ2v) is 3.23. The molecule has 0 saturated carbocycles. The van der Waals surface area contributed by atoms with Crippen molar-refractivity contribution in [2.45, 2.75) is 13.8 Å². The fourth-order valence-electron chi connectivity index (χ4n) is 1.39. The van der Waals surface area contributed by atoms with Gasteiger partial charge in [0.05, 0.1) is 11.6 Å². The third-order valence-corrected chi connectivity index (χ3v) is 2.31. The van der Waals surface area contributed by atoms with Crippen molar-refractivity contribution in [2.24, 2.45) is 0 Å². The monoisotopic (exact) mass is 174 g/mol. The lowest BCUT2D eigenvalue weighted by molar-refractivity contribution is 0.519. The zero-order valence-corrected chi connectivity index (χ0v) is 7.63. The molecular formula is C11H10O2. The molecule has 0 atom stereocenters. The minimum absolute atomic E-state index is 0.263. The topological polar surface area (TPSA) is 30.2 Å². The van der Waals surface area contributed by atoms with Gasteiger partial charge in [0.25, 0.3) is 0 Å². The van der Waals surface area contributed by atoms with Crippen molar-refractivity contribution in [1.29, 1.82) is 0 Å². The number of rotatable bonds is 0. The average Bonchev–Trinajstić information content (AvgIpc) is 2.09. The highest BCUT2D eigenvalue weighted by atomic mass is 16.4. The Bertz CT molecular complexity index is 509. The molecule has 0 saturated heterocycles. The van der Waals surface area contributed by atoms with Crippen LogP contribution in [-0.2, 0) is 0 Å². The van der Waals surface area contributed by atoms with Crippen LogP contribution >= 0.6 is 0 Å². The molecule has 0 unspecified atom stereocenters. The molecule has 66 valence electrons. The molecule has 2 heteroatoms. The van der Waals surface area contributed by atoms with E-state index in [0.29, 0.717) is 5.39 Å². The SMILES string of the molecule is Cc1cc2ccoc(=O)c2cc1C. The van der Waals surface area contributed by atoms with Gasteiger partial charge in [-0.2, -0.15) is 0 Å². The molecule has 2 rings (SSSR count). The smallest absolute Gasteiger partial charge is 0.343 e. The molecule has 0 radical (unpaired) electrons. The molecule has 2 nitrogen and oxygen atoms in total. The highest BCUT2D eigenvalue weighted by Gasteiger charge is 2.01. The standard InChI is InChI=1S/C11H10O2/c1-7-5-9-3-4-13-11(12)10(9)6-8(7)2/h3-6H,1-2H3. The van der Waals surface area contributed by atoms with Crippen LogP contribution in [0.25, 0.3) is 10.8 Å². The van der Waals surface area contributed by atoms with Gasteiger partial charge in [-0.3, -0.25) is 0 Å².